The van der Waals surface area contributed by atoms with E-state index in [1.165, 1.54) is 0 Å². The van der Waals surface area contributed by atoms with Gasteiger partial charge in [-0.3, -0.25) is 0 Å². The van der Waals surface area contributed by atoms with Crippen LogP contribution in [0.2, 0.25) is 0 Å². The molecule has 30 heavy (non-hydrogen) atoms. The number of hydrogen-bond donors (Lipinski definition) is 1. The molecule has 0 bridgehead atoms. The highest BCUT2D eigenvalue weighted by Gasteiger charge is 2.04. The summed E-state index contributed by atoms with van der Waals surface area (Å²) in [6.07, 6.45) is 1.56. The van der Waals surface area contributed by atoms with Crippen LogP contribution in [0.1, 0.15) is 12.5 Å². The average molecular weight is 398 g/mol. The third-order valence-corrected chi connectivity index (χ3v) is 4.40. The van der Waals surface area contributed by atoms with E-state index in [1.807, 2.05) is 85.8 Å². The van der Waals surface area contributed by atoms with Crippen molar-refractivity contribution in [2.45, 2.75) is 13.5 Å². The van der Waals surface area contributed by atoms with E-state index in [2.05, 4.69) is 20.4 Å². The Morgan fingerprint density at radius 1 is 0.900 bits per heavy atom. The van der Waals surface area contributed by atoms with Crippen molar-refractivity contribution in [1.29, 1.82) is 0 Å². The molecule has 6 heteroatoms. The van der Waals surface area contributed by atoms with Gasteiger partial charge in [0.05, 0.1) is 11.2 Å². The number of nitrogens with zero attached hydrogens (tertiary/aromatic N) is 3. The molecule has 4 rings (SSSR count). The van der Waals surface area contributed by atoms with Crippen molar-refractivity contribution in [3.05, 3.63) is 90.8 Å². The molecular formula is C24H22N4O2. The zero-order valence-corrected chi connectivity index (χ0v) is 16.7. The third-order valence-electron chi connectivity index (χ3n) is 4.40. The van der Waals surface area contributed by atoms with Gasteiger partial charge in [0.15, 0.2) is 0 Å². The number of oxime groups is 1. The van der Waals surface area contributed by atoms with Crippen LogP contribution in [-0.2, 0) is 11.4 Å². The van der Waals surface area contributed by atoms with Gasteiger partial charge in [0, 0.05) is 11.1 Å². The molecule has 6 nitrogen and oxygen atoms in total. The molecule has 1 N–H and O–H groups in total. The van der Waals surface area contributed by atoms with Gasteiger partial charge in [-0.05, 0) is 48.9 Å². The van der Waals surface area contributed by atoms with Gasteiger partial charge in [0.25, 0.3) is 0 Å². The van der Waals surface area contributed by atoms with Crippen molar-refractivity contribution in [1.82, 2.24) is 9.97 Å². The second-order valence-corrected chi connectivity index (χ2v) is 6.76. The minimum atomic E-state index is 0.359. The molecule has 0 unspecified atom stereocenters. The summed E-state index contributed by atoms with van der Waals surface area (Å²) < 4.78 is 5.78. The fourth-order valence-corrected chi connectivity index (χ4v) is 2.88. The molecule has 0 aliphatic rings. The Balaban J connectivity index is 1.31. The molecule has 1 aromatic heterocycles. The van der Waals surface area contributed by atoms with Crippen LogP contribution in [0.25, 0.3) is 10.9 Å². The Labute approximate surface area is 175 Å². The molecule has 0 saturated carbocycles. The van der Waals surface area contributed by atoms with Crippen LogP contribution in [0.3, 0.4) is 0 Å². The number of hydrogen-bond acceptors (Lipinski definition) is 6. The van der Waals surface area contributed by atoms with Crippen LogP contribution in [-0.4, -0.2) is 22.3 Å². The van der Waals surface area contributed by atoms with Crippen molar-refractivity contribution >= 4 is 28.1 Å². The summed E-state index contributed by atoms with van der Waals surface area (Å²) in [6, 6.07) is 25.5. The molecule has 0 aliphatic heterocycles. The summed E-state index contributed by atoms with van der Waals surface area (Å²) >= 11 is 0. The monoisotopic (exact) mass is 398 g/mol. The van der Waals surface area contributed by atoms with Crippen LogP contribution < -0.4 is 10.1 Å². The number of fused-ring (bicyclic) bond motifs is 1. The molecule has 150 valence electrons. The highest BCUT2D eigenvalue weighted by atomic mass is 16.6. The van der Waals surface area contributed by atoms with Crippen LogP contribution in [0.4, 0.5) is 11.5 Å². The summed E-state index contributed by atoms with van der Waals surface area (Å²) in [5.74, 6) is 1.53. The van der Waals surface area contributed by atoms with Crippen molar-refractivity contribution in [2.75, 3.05) is 11.9 Å². The SMILES string of the molecule is C/C(COc1ccc(Nc2ncnc3ccccc23)cc1)=N\OCc1ccccc1. The summed E-state index contributed by atoms with van der Waals surface area (Å²) in [7, 11) is 0. The Hall–Kier alpha value is -3.93. The molecule has 0 saturated heterocycles. The van der Waals surface area contributed by atoms with Gasteiger partial charge in [-0.25, -0.2) is 9.97 Å². The number of anilines is 2. The van der Waals surface area contributed by atoms with Crippen molar-refractivity contribution in [3.8, 4) is 5.75 Å². The lowest BCUT2D eigenvalue weighted by Gasteiger charge is -2.10. The van der Waals surface area contributed by atoms with Crippen molar-refractivity contribution < 1.29 is 9.57 Å². The topological polar surface area (TPSA) is 68.6 Å². The number of rotatable bonds is 8. The summed E-state index contributed by atoms with van der Waals surface area (Å²) in [5.41, 5.74) is 3.66. The molecular weight excluding hydrogens is 376 g/mol. The standard InChI is InChI=1S/C24H22N4O2/c1-18(28-30-16-19-7-3-2-4-8-19)15-29-21-13-11-20(12-14-21)27-24-22-9-5-6-10-23(22)25-17-26-24/h2-14,17H,15-16H2,1H3,(H,25,26,27)/b28-18+. The lowest BCUT2D eigenvalue weighted by molar-refractivity contribution is 0.128. The second kappa shape index (κ2) is 9.52. The van der Waals surface area contributed by atoms with Crippen LogP contribution in [0.5, 0.6) is 5.75 Å². The van der Waals surface area contributed by atoms with Gasteiger partial charge in [-0.15, -0.1) is 0 Å². The second-order valence-electron chi connectivity index (χ2n) is 6.76. The molecule has 3 aromatic carbocycles. The molecule has 0 amide bonds. The molecule has 1 heterocycles. The van der Waals surface area contributed by atoms with E-state index in [9.17, 15) is 0 Å². The zero-order chi connectivity index (χ0) is 20.6. The number of benzene rings is 3. The molecule has 0 aliphatic carbocycles. The normalized spacial score (nSPS) is 11.3. The fraction of sp³-hybridized carbons (Fsp3) is 0.125. The maximum atomic E-state index is 5.78. The Kier molecular flexibility index (Phi) is 6.15. The van der Waals surface area contributed by atoms with Gasteiger partial charge < -0.3 is 14.9 Å². The van der Waals surface area contributed by atoms with E-state index < -0.39 is 0 Å². The van der Waals surface area contributed by atoms with Gasteiger partial charge >= 0.3 is 0 Å². The minimum absolute atomic E-state index is 0.359. The van der Waals surface area contributed by atoms with Crippen molar-refractivity contribution in [2.24, 2.45) is 5.16 Å². The first kappa shape index (κ1) is 19.4. The van der Waals surface area contributed by atoms with E-state index in [1.54, 1.807) is 6.33 Å². The first-order valence-electron chi connectivity index (χ1n) is 9.67. The first-order valence-corrected chi connectivity index (χ1v) is 9.67. The number of nitrogens with one attached hydrogen (secondary N) is 1. The van der Waals surface area contributed by atoms with Crippen LogP contribution in [0, 0.1) is 0 Å². The summed E-state index contributed by atoms with van der Waals surface area (Å²) in [5, 5.41) is 8.41. The minimum Gasteiger partial charge on any atom is -0.488 e. The van der Waals surface area contributed by atoms with E-state index in [0.717, 1.165) is 39.4 Å². The van der Waals surface area contributed by atoms with Crippen LogP contribution >= 0.6 is 0 Å². The molecule has 0 atom stereocenters. The van der Waals surface area contributed by atoms with Gasteiger partial charge in [0.1, 0.15) is 31.1 Å². The average Bonchev–Trinajstić information content (AvgIpc) is 2.80. The summed E-state index contributed by atoms with van der Waals surface area (Å²) in [4.78, 5) is 14.0. The molecule has 4 aromatic rings. The van der Waals surface area contributed by atoms with E-state index in [-0.39, 0.29) is 0 Å². The van der Waals surface area contributed by atoms with E-state index in [4.69, 9.17) is 9.57 Å². The Bertz CT molecular complexity index is 1120. The Morgan fingerprint density at radius 3 is 2.50 bits per heavy atom. The smallest absolute Gasteiger partial charge is 0.142 e. The summed E-state index contributed by atoms with van der Waals surface area (Å²) in [6.45, 7) is 2.68. The predicted octanol–water partition coefficient (Wildman–Crippen LogP) is 5.34. The molecule has 0 fully saturated rings. The zero-order valence-electron chi connectivity index (χ0n) is 16.7. The van der Waals surface area contributed by atoms with E-state index >= 15 is 0 Å². The maximum absolute atomic E-state index is 5.78. The lowest BCUT2D eigenvalue weighted by Crippen LogP contribution is -2.08. The fourth-order valence-electron chi connectivity index (χ4n) is 2.88. The number of para-hydroxylation sites is 1. The van der Waals surface area contributed by atoms with Gasteiger partial charge in [-0.1, -0.05) is 47.6 Å². The predicted molar refractivity (Wildman–Crippen MR) is 119 cm³/mol. The third kappa shape index (κ3) is 5.11. The van der Waals surface area contributed by atoms with E-state index in [0.29, 0.717) is 13.2 Å². The maximum Gasteiger partial charge on any atom is 0.142 e. The quantitative estimate of drug-likeness (QED) is 0.320. The largest absolute Gasteiger partial charge is 0.488 e. The van der Waals surface area contributed by atoms with Crippen LogP contribution in [0.15, 0.2) is 90.3 Å². The molecule has 0 radical (unpaired) electrons. The molecule has 0 spiro atoms. The highest BCUT2D eigenvalue weighted by molar-refractivity contribution is 5.90. The lowest BCUT2D eigenvalue weighted by atomic mass is 10.2. The first-order chi connectivity index (χ1) is 14.8. The number of ether oxygens (including phenoxy) is 1. The van der Waals surface area contributed by atoms with Gasteiger partial charge in [0.2, 0.25) is 0 Å². The Morgan fingerprint density at radius 2 is 1.67 bits per heavy atom. The van der Waals surface area contributed by atoms with Gasteiger partial charge in [-0.2, -0.15) is 0 Å². The highest BCUT2D eigenvalue weighted by Crippen LogP contribution is 2.24. The number of aromatic nitrogens is 2. The van der Waals surface area contributed by atoms with Crippen molar-refractivity contribution in [3.63, 3.8) is 0 Å².